The van der Waals surface area contributed by atoms with Crippen molar-refractivity contribution in [2.45, 2.75) is 18.7 Å². The van der Waals surface area contributed by atoms with E-state index in [9.17, 15) is 5.26 Å². The van der Waals surface area contributed by atoms with Crippen LogP contribution >= 0.6 is 23.4 Å². The van der Waals surface area contributed by atoms with Crippen LogP contribution in [0.2, 0.25) is 5.02 Å². The van der Waals surface area contributed by atoms with Crippen LogP contribution in [0.5, 0.6) is 0 Å². The lowest BCUT2D eigenvalue weighted by Gasteiger charge is -2.12. The normalized spacial score (nSPS) is 10.1. The highest BCUT2D eigenvalue weighted by molar-refractivity contribution is 7.99. The van der Waals surface area contributed by atoms with Gasteiger partial charge in [-0.15, -0.1) is 11.8 Å². The number of anilines is 2. The van der Waals surface area contributed by atoms with Gasteiger partial charge in [-0.2, -0.15) is 5.26 Å². The van der Waals surface area contributed by atoms with Crippen LogP contribution in [0.1, 0.15) is 18.1 Å². The van der Waals surface area contributed by atoms with Gasteiger partial charge in [0.1, 0.15) is 6.07 Å². The Morgan fingerprint density at radius 2 is 2.05 bits per heavy atom. The molecule has 2 nitrogen and oxygen atoms in total. The monoisotopic (exact) mass is 302 g/mol. The number of halogens is 1. The van der Waals surface area contributed by atoms with Gasteiger partial charge in [0.2, 0.25) is 0 Å². The number of benzene rings is 2. The summed E-state index contributed by atoms with van der Waals surface area (Å²) in [6.07, 6.45) is 0. The molecule has 20 heavy (non-hydrogen) atoms. The molecule has 0 aliphatic carbocycles. The van der Waals surface area contributed by atoms with Gasteiger partial charge in [-0.05, 0) is 42.5 Å². The number of nitriles is 1. The molecule has 0 aliphatic rings. The van der Waals surface area contributed by atoms with Gasteiger partial charge < -0.3 is 5.32 Å². The molecule has 1 N–H and O–H groups in total. The van der Waals surface area contributed by atoms with Crippen molar-refractivity contribution in [1.29, 1.82) is 5.26 Å². The Hall–Kier alpha value is -1.63. The van der Waals surface area contributed by atoms with Crippen LogP contribution in [0.3, 0.4) is 0 Å². The average molecular weight is 303 g/mol. The second kappa shape index (κ2) is 6.69. The van der Waals surface area contributed by atoms with E-state index in [1.807, 2.05) is 43.3 Å². The third kappa shape index (κ3) is 3.27. The fourth-order valence-corrected chi connectivity index (χ4v) is 2.96. The lowest BCUT2D eigenvalue weighted by molar-refractivity contribution is 1.34. The first-order valence-corrected chi connectivity index (χ1v) is 7.71. The Kier molecular flexibility index (Phi) is 4.94. The standard InChI is InChI=1S/C16H15ClN2S/c1-3-20-16-6-4-5-14(12(16)10-18)19-15-8-7-11(2)9-13(15)17/h4-9,19H,3H2,1-2H3. The third-order valence-electron chi connectivity index (χ3n) is 2.83. The smallest absolute Gasteiger partial charge is 0.103 e. The topological polar surface area (TPSA) is 35.8 Å². The highest BCUT2D eigenvalue weighted by Gasteiger charge is 2.09. The van der Waals surface area contributed by atoms with Crippen LogP contribution in [0, 0.1) is 18.3 Å². The van der Waals surface area contributed by atoms with E-state index in [1.54, 1.807) is 11.8 Å². The molecule has 0 heterocycles. The Labute approximate surface area is 128 Å². The number of aryl methyl sites for hydroxylation is 1. The van der Waals surface area contributed by atoms with Gasteiger partial charge in [-0.3, -0.25) is 0 Å². The van der Waals surface area contributed by atoms with E-state index >= 15 is 0 Å². The summed E-state index contributed by atoms with van der Waals surface area (Å²) in [7, 11) is 0. The number of thioether (sulfide) groups is 1. The van der Waals surface area contributed by atoms with E-state index in [0.717, 1.165) is 27.6 Å². The van der Waals surface area contributed by atoms with Crippen molar-refractivity contribution in [3.8, 4) is 6.07 Å². The van der Waals surface area contributed by atoms with Crippen LogP contribution < -0.4 is 5.32 Å². The molecule has 0 atom stereocenters. The molecular formula is C16H15ClN2S. The summed E-state index contributed by atoms with van der Waals surface area (Å²) < 4.78 is 0. The highest BCUT2D eigenvalue weighted by atomic mass is 35.5. The van der Waals surface area contributed by atoms with Crippen LogP contribution in [0.15, 0.2) is 41.3 Å². The molecule has 2 aromatic rings. The number of nitrogens with zero attached hydrogens (tertiary/aromatic N) is 1. The van der Waals surface area contributed by atoms with Crippen molar-refractivity contribution in [3.63, 3.8) is 0 Å². The molecule has 0 aliphatic heterocycles. The zero-order valence-electron chi connectivity index (χ0n) is 11.4. The van der Waals surface area contributed by atoms with Crippen LogP contribution in [-0.4, -0.2) is 5.75 Å². The summed E-state index contributed by atoms with van der Waals surface area (Å²) in [5.74, 6) is 0.934. The predicted molar refractivity (Wildman–Crippen MR) is 87.0 cm³/mol. The van der Waals surface area contributed by atoms with Gasteiger partial charge in [0.25, 0.3) is 0 Å². The van der Waals surface area contributed by atoms with E-state index in [2.05, 4.69) is 18.3 Å². The van der Waals surface area contributed by atoms with Crippen molar-refractivity contribution in [2.75, 3.05) is 11.1 Å². The molecule has 0 saturated heterocycles. The number of rotatable bonds is 4. The highest BCUT2D eigenvalue weighted by Crippen LogP contribution is 2.32. The van der Waals surface area contributed by atoms with Gasteiger partial charge in [0.15, 0.2) is 0 Å². The first-order chi connectivity index (χ1) is 9.65. The first-order valence-electron chi connectivity index (χ1n) is 6.34. The molecular weight excluding hydrogens is 288 g/mol. The van der Waals surface area contributed by atoms with Gasteiger partial charge >= 0.3 is 0 Å². The second-order valence-corrected chi connectivity index (χ2v) is 6.04. The fraction of sp³-hybridized carbons (Fsp3) is 0.188. The zero-order chi connectivity index (χ0) is 14.5. The first kappa shape index (κ1) is 14.8. The van der Waals surface area contributed by atoms with Crippen molar-refractivity contribution >= 4 is 34.7 Å². The SMILES string of the molecule is CCSc1cccc(Nc2ccc(C)cc2Cl)c1C#N. The van der Waals surface area contributed by atoms with E-state index in [1.165, 1.54) is 0 Å². The minimum atomic E-state index is 0.655. The predicted octanol–water partition coefficient (Wildman–Crippen LogP) is 5.38. The summed E-state index contributed by atoms with van der Waals surface area (Å²) >= 11 is 7.89. The minimum Gasteiger partial charge on any atom is -0.353 e. The number of nitrogens with one attached hydrogen (secondary N) is 1. The summed E-state index contributed by atoms with van der Waals surface area (Å²) in [4.78, 5) is 0.989. The molecule has 0 unspecified atom stereocenters. The molecule has 4 heteroatoms. The molecule has 0 aromatic heterocycles. The molecule has 0 radical (unpaired) electrons. The summed E-state index contributed by atoms with van der Waals surface area (Å²) in [5, 5.41) is 13.3. The maximum Gasteiger partial charge on any atom is 0.103 e. The van der Waals surface area contributed by atoms with Crippen molar-refractivity contribution < 1.29 is 0 Å². The number of hydrogen-bond donors (Lipinski definition) is 1. The molecule has 0 saturated carbocycles. The minimum absolute atomic E-state index is 0.655. The van der Waals surface area contributed by atoms with Crippen molar-refractivity contribution in [1.82, 2.24) is 0 Å². The van der Waals surface area contributed by atoms with Gasteiger partial charge in [-0.1, -0.05) is 30.7 Å². The molecule has 0 fully saturated rings. The molecule has 0 amide bonds. The van der Waals surface area contributed by atoms with E-state index in [-0.39, 0.29) is 0 Å². The Balaban J connectivity index is 2.38. The largest absolute Gasteiger partial charge is 0.353 e. The Morgan fingerprint density at radius 1 is 1.25 bits per heavy atom. The van der Waals surface area contributed by atoms with Gasteiger partial charge in [0.05, 0.1) is 22.0 Å². The quantitative estimate of drug-likeness (QED) is 0.771. The fourth-order valence-electron chi connectivity index (χ4n) is 1.89. The molecule has 0 spiro atoms. The molecule has 102 valence electrons. The summed E-state index contributed by atoms with van der Waals surface area (Å²) in [6.45, 7) is 4.07. The molecule has 0 bridgehead atoms. The van der Waals surface area contributed by atoms with Crippen LogP contribution in [-0.2, 0) is 0 Å². The molecule has 2 aromatic carbocycles. The van der Waals surface area contributed by atoms with Gasteiger partial charge in [0, 0.05) is 4.90 Å². The maximum atomic E-state index is 9.38. The molecule has 2 rings (SSSR count). The third-order valence-corrected chi connectivity index (χ3v) is 4.08. The van der Waals surface area contributed by atoms with Crippen molar-refractivity contribution in [2.24, 2.45) is 0 Å². The van der Waals surface area contributed by atoms with E-state index in [4.69, 9.17) is 11.6 Å². The summed E-state index contributed by atoms with van der Waals surface area (Å²) in [5.41, 5.74) is 3.37. The summed E-state index contributed by atoms with van der Waals surface area (Å²) in [6, 6.07) is 13.9. The van der Waals surface area contributed by atoms with E-state index < -0.39 is 0 Å². The van der Waals surface area contributed by atoms with Gasteiger partial charge in [-0.25, -0.2) is 0 Å². The van der Waals surface area contributed by atoms with Crippen LogP contribution in [0.25, 0.3) is 0 Å². The van der Waals surface area contributed by atoms with Crippen molar-refractivity contribution in [3.05, 3.63) is 52.5 Å². The Morgan fingerprint density at radius 3 is 2.70 bits per heavy atom. The number of hydrogen-bond acceptors (Lipinski definition) is 3. The second-order valence-electron chi connectivity index (χ2n) is 4.33. The maximum absolute atomic E-state index is 9.38. The lowest BCUT2D eigenvalue weighted by Crippen LogP contribution is -1.96. The average Bonchev–Trinajstić information content (AvgIpc) is 2.42. The van der Waals surface area contributed by atoms with E-state index in [0.29, 0.717) is 10.6 Å². The van der Waals surface area contributed by atoms with Crippen LogP contribution in [0.4, 0.5) is 11.4 Å². The zero-order valence-corrected chi connectivity index (χ0v) is 13.0. The lowest BCUT2D eigenvalue weighted by atomic mass is 10.1. The Bertz CT molecular complexity index is 662.